The van der Waals surface area contributed by atoms with E-state index in [9.17, 15) is 5.11 Å². The molecule has 0 heterocycles. The Balaban J connectivity index is 1.66. The number of aliphatic hydroxyl groups is 1. The Kier molecular flexibility index (Phi) is 4.64. The Hall–Kier alpha value is -2.36. The lowest BCUT2D eigenvalue weighted by Gasteiger charge is -2.36. The molecule has 0 radical (unpaired) electrons. The zero-order valence-corrected chi connectivity index (χ0v) is 19.1. The van der Waals surface area contributed by atoms with Crippen LogP contribution in [0.4, 0.5) is 0 Å². The van der Waals surface area contributed by atoms with Gasteiger partial charge in [-0.15, -0.1) is 0 Å². The van der Waals surface area contributed by atoms with Crippen LogP contribution in [-0.2, 0) is 10.2 Å². The van der Waals surface area contributed by atoms with Gasteiger partial charge in [0, 0.05) is 33.2 Å². The van der Waals surface area contributed by atoms with Crippen molar-refractivity contribution in [1.82, 2.24) is 0 Å². The molecule has 0 aliphatic heterocycles. The summed E-state index contributed by atoms with van der Waals surface area (Å²) in [6.07, 6.45) is 2.13. The molecular weight excluding hydrogens is 439 g/mol. The van der Waals surface area contributed by atoms with Crippen LogP contribution in [0, 0.1) is 5.92 Å². The summed E-state index contributed by atoms with van der Waals surface area (Å²) in [5, 5.41) is 12.5. The SMILES string of the molecule is CCOC(O)C1=C(c2cccc(Cl)c2)C2CC23C(=C1)c1ccccc1-c1c(Cl)cccc13. The van der Waals surface area contributed by atoms with Gasteiger partial charge in [-0.05, 0) is 76.9 Å². The van der Waals surface area contributed by atoms with E-state index in [0.29, 0.717) is 11.6 Å². The van der Waals surface area contributed by atoms with Gasteiger partial charge in [-0.2, -0.15) is 0 Å². The summed E-state index contributed by atoms with van der Waals surface area (Å²) in [6, 6.07) is 22.6. The number of fused-ring (bicyclic) bond motifs is 4. The largest absolute Gasteiger partial charge is 0.364 e. The highest BCUT2D eigenvalue weighted by atomic mass is 35.5. The number of hydrogen-bond acceptors (Lipinski definition) is 2. The molecule has 3 aromatic carbocycles. The molecule has 0 saturated heterocycles. The predicted octanol–water partition coefficient (Wildman–Crippen LogP) is 7.14. The van der Waals surface area contributed by atoms with Crippen molar-refractivity contribution in [2.45, 2.75) is 25.0 Å². The zero-order chi connectivity index (χ0) is 22.0. The van der Waals surface area contributed by atoms with Gasteiger partial charge in [0.15, 0.2) is 6.29 Å². The Morgan fingerprint density at radius 2 is 1.81 bits per heavy atom. The number of benzene rings is 3. The average molecular weight is 461 g/mol. The van der Waals surface area contributed by atoms with Crippen LogP contribution < -0.4 is 0 Å². The first-order valence-corrected chi connectivity index (χ1v) is 11.7. The van der Waals surface area contributed by atoms with Crippen molar-refractivity contribution in [3.05, 3.63) is 105 Å². The van der Waals surface area contributed by atoms with E-state index in [0.717, 1.165) is 39.3 Å². The highest BCUT2D eigenvalue weighted by molar-refractivity contribution is 6.34. The monoisotopic (exact) mass is 460 g/mol. The number of rotatable bonds is 4. The van der Waals surface area contributed by atoms with Crippen molar-refractivity contribution in [3.8, 4) is 11.1 Å². The summed E-state index contributed by atoms with van der Waals surface area (Å²) < 4.78 is 5.68. The Bertz CT molecular complexity index is 1320. The van der Waals surface area contributed by atoms with Crippen LogP contribution in [-0.4, -0.2) is 18.0 Å². The van der Waals surface area contributed by atoms with Crippen molar-refractivity contribution in [2.75, 3.05) is 6.61 Å². The standard InChI is InChI=1S/C28H22Cl2O2/c1-2-32-27(31)20-14-22-18-9-3-4-10-19(18)26-21(11-6-12-24(26)30)28(22)15-23(28)25(20)16-7-5-8-17(29)13-16/h3-14,23,27,31H,2,15H2,1H3. The second-order valence-corrected chi connectivity index (χ2v) is 9.52. The first-order chi connectivity index (χ1) is 15.6. The highest BCUT2D eigenvalue weighted by Gasteiger charge is 2.64. The van der Waals surface area contributed by atoms with E-state index in [-0.39, 0.29) is 11.3 Å². The first kappa shape index (κ1) is 20.3. The third-order valence-electron chi connectivity index (χ3n) is 7.11. The van der Waals surface area contributed by atoms with Crippen LogP contribution in [0.2, 0.25) is 10.0 Å². The second-order valence-electron chi connectivity index (χ2n) is 8.68. The average Bonchev–Trinajstić information content (AvgIpc) is 3.54. The summed E-state index contributed by atoms with van der Waals surface area (Å²) in [7, 11) is 0. The molecule has 1 saturated carbocycles. The molecule has 3 aromatic rings. The topological polar surface area (TPSA) is 29.5 Å². The first-order valence-electron chi connectivity index (χ1n) is 11.0. The fourth-order valence-electron chi connectivity index (χ4n) is 5.81. The molecule has 2 nitrogen and oxygen atoms in total. The molecule has 1 spiro atoms. The van der Waals surface area contributed by atoms with Gasteiger partial charge in [0.05, 0.1) is 0 Å². The quantitative estimate of drug-likeness (QED) is 0.419. The maximum Gasteiger partial charge on any atom is 0.181 e. The molecule has 6 rings (SSSR count). The molecule has 3 aliphatic rings. The van der Waals surface area contributed by atoms with E-state index < -0.39 is 6.29 Å². The third kappa shape index (κ3) is 2.74. The van der Waals surface area contributed by atoms with Crippen molar-refractivity contribution in [3.63, 3.8) is 0 Å². The minimum absolute atomic E-state index is 0.151. The summed E-state index contributed by atoms with van der Waals surface area (Å²) in [6.45, 7) is 2.33. The van der Waals surface area contributed by atoms with Crippen molar-refractivity contribution in [2.24, 2.45) is 5.92 Å². The molecule has 3 unspecified atom stereocenters. The van der Waals surface area contributed by atoms with E-state index in [1.807, 2.05) is 37.3 Å². The smallest absolute Gasteiger partial charge is 0.181 e. The van der Waals surface area contributed by atoms with Crippen LogP contribution in [0.5, 0.6) is 0 Å². The van der Waals surface area contributed by atoms with Gasteiger partial charge in [0.1, 0.15) is 0 Å². The van der Waals surface area contributed by atoms with Gasteiger partial charge in [-0.3, -0.25) is 0 Å². The minimum Gasteiger partial charge on any atom is -0.364 e. The molecule has 160 valence electrons. The maximum atomic E-state index is 11.0. The van der Waals surface area contributed by atoms with Gasteiger partial charge in [0.25, 0.3) is 0 Å². The van der Waals surface area contributed by atoms with Crippen LogP contribution in [0.3, 0.4) is 0 Å². The molecule has 3 atom stereocenters. The highest BCUT2D eigenvalue weighted by Crippen LogP contribution is 2.73. The van der Waals surface area contributed by atoms with E-state index in [1.165, 1.54) is 16.7 Å². The zero-order valence-electron chi connectivity index (χ0n) is 17.6. The molecular formula is C28H22Cl2O2. The van der Waals surface area contributed by atoms with Gasteiger partial charge >= 0.3 is 0 Å². The third-order valence-corrected chi connectivity index (χ3v) is 7.66. The van der Waals surface area contributed by atoms with E-state index >= 15 is 0 Å². The summed E-state index contributed by atoms with van der Waals surface area (Å²) in [5.74, 6) is 0.219. The Morgan fingerprint density at radius 1 is 1.03 bits per heavy atom. The van der Waals surface area contributed by atoms with Gasteiger partial charge in [-0.25, -0.2) is 0 Å². The molecule has 0 amide bonds. The van der Waals surface area contributed by atoms with Gasteiger partial charge in [-0.1, -0.05) is 71.7 Å². The lowest BCUT2D eigenvalue weighted by Crippen LogP contribution is -2.26. The fraction of sp³-hybridized carbons (Fsp3) is 0.214. The van der Waals surface area contributed by atoms with Crippen molar-refractivity contribution in [1.29, 1.82) is 0 Å². The van der Waals surface area contributed by atoms with Gasteiger partial charge < -0.3 is 9.84 Å². The molecule has 0 aromatic heterocycles. The fourth-order valence-corrected chi connectivity index (χ4v) is 6.28. The molecule has 3 aliphatic carbocycles. The van der Waals surface area contributed by atoms with Crippen LogP contribution in [0.1, 0.15) is 30.0 Å². The predicted molar refractivity (Wildman–Crippen MR) is 131 cm³/mol. The van der Waals surface area contributed by atoms with Crippen molar-refractivity contribution >= 4 is 34.3 Å². The minimum atomic E-state index is -0.993. The molecule has 32 heavy (non-hydrogen) atoms. The van der Waals surface area contributed by atoms with Gasteiger partial charge in [0.2, 0.25) is 0 Å². The Morgan fingerprint density at radius 3 is 2.59 bits per heavy atom. The van der Waals surface area contributed by atoms with E-state index in [4.69, 9.17) is 27.9 Å². The molecule has 0 bridgehead atoms. The Labute approximate surface area is 197 Å². The summed E-state index contributed by atoms with van der Waals surface area (Å²) in [5.41, 5.74) is 8.78. The number of allylic oxidation sites excluding steroid dienone is 2. The lowest BCUT2D eigenvalue weighted by molar-refractivity contribution is -0.0644. The normalized spacial score (nSPS) is 23.5. The molecule has 1 N–H and O–H groups in total. The maximum absolute atomic E-state index is 11.0. The number of ether oxygens (including phenoxy) is 1. The van der Waals surface area contributed by atoms with Crippen LogP contribution in [0.15, 0.2) is 78.4 Å². The van der Waals surface area contributed by atoms with Crippen molar-refractivity contribution < 1.29 is 9.84 Å². The lowest BCUT2D eigenvalue weighted by atomic mass is 9.67. The summed E-state index contributed by atoms with van der Waals surface area (Å²) in [4.78, 5) is 0. The number of halogens is 2. The summed E-state index contributed by atoms with van der Waals surface area (Å²) >= 11 is 13.1. The van der Waals surface area contributed by atoms with E-state index in [2.05, 4.69) is 42.5 Å². The van der Waals surface area contributed by atoms with E-state index in [1.54, 1.807) is 0 Å². The second kappa shape index (κ2) is 7.33. The molecule has 1 fully saturated rings. The molecule has 4 heteroatoms. The van der Waals surface area contributed by atoms with Crippen LogP contribution >= 0.6 is 23.2 Å². The van der Waals surface area contributed by atoms with Crippen LogP contribution in [0.25, 0.3) is 22.3 Å². The number of aliphatic hydroxyl groups excluding tert-OH is 1. The number of hydrogen-bond donors (Lipinski definition) is 1.